The van der Waals surface area contributed by atoms with Gasteiger partial charge < -0.3 is 14.4 Å². The molecule has 0 fully saturated rings. The fourth-order valence-corrected chi connectivity index (χ4v) is 3.45. The van der Waals surface area contributed by atoms with E-state index in [-0.39, 0.29) is 5.56 Å². The molecule has 0 unspecified atom stereocenters. The molecule has 3 rings (SSSR count). The van der Waals surface area contributed by atoms with Crippen LogP contribution in [0, 0.1) is 0 Å². The highest BCUT2D eigenvalue weighted by Crippen LogP contribution is 2.35. The fourth-order valence-electron chi connectivity index (χ4n) is 2.43. The van der Waals surface area contributed by atoms with Crippen LogP contribution in [0.4, 0.5) is 10.8 Å². The van der Waals surface area contributed by atoms with Crippen LogP contribution in [0.2, 0.25) is 0 Å². The number of rotatable bonds is 5. The highest BCUT2D eigenvalue weighted by Gasteiger charge is 2.15. The Morgan fingerprint density at radius 2 is 1.96 bits per heavy atom. The van der Waals surface area contributed by atoms with Crippen molar-refractivity contribution in [1.29, 1.82) is 0 Å². The molecular weight excluding hydrogens is 326 g/mol. The molecule has 124 valence electrons. The summed E-state index contributed by atoms with van der Waals surface area (Å²) >= 11 is 1.38. The Kier molecular flexibility index (Phi) is 4.61. The zero-order valence-electron chi connectivity index (χ0n) is 13.6. The second-order valence-corrected chi connectivity index (χ2v) is 5.90. The van der Waals surface area contributed by atoms with Crippen molar-refractivity contribution < 1.29 is 9.47 Å². The number of ether oxygens (including phenoxy) is 2. The summed E-state index contributed by atoms with van der Waals surface area (Å²) in [4.78, 5) is 23.4. The number of hydrogen-bond donors (Lipinski definition) is 0. The maximum atomic E-state index is 12.3. The lowest BCUT2D eigenvalue weighted by Crippen LogP contribution is -2.20. The van der Waals surface area contributed by atoms with Gasteiger partial charge in [0.15, 0.2) is 16.6 Å². The number of methoxy groups -OCH3 is 2. The molecule has 2 aromatic heterocycles. The van der Waals surface area contributed by atoms with Crippen LogP contribution in [0.15, 0.2) is 41.3 Å². The Morgan fingerprint density at radius 3 is 2.67 bits per heavy atom. The molecule has 0 saturated heterocycles. The summed E-state index contributed by atoms with van der Waals surface area (Å²) in [6.45, 7) is 2.65. The minimum Gasteiger partial charge on any atom is -0.493 e. The third-order valence-electron chi connectivity index (χ3n) is 3.61. The van der Waals surface area contributed by atoms with Crippen LogP contribution in [0.25, 0.3) is 10.2 Å². The van der Waals surface area contributed by atoms with Crippen molar-refractivity contribution in [3.05, 3.63) is 46.9 Å². The van der Waals surface area contributed by atoms with Crippen molar-refractivity contribution in [3.63, 3.8) is 0 Å². The van der Waals surface area contributed by atoms with E-state index in [0.29, 0.717) is 33.4 Å². The second-order valence-electron chi connectivity index (χ2n) is 4.94. The molecule has 0 bridgehead atoms. The first-order valence-electron chi connectivity index (χ1n) is 7.43. The van der Waals surface area contributed by atoms with Gasteiger partial charge in [0.05, 0.1) is 19.6 Å². The number of nitrogens with zero attached hydrogens (tertiary/aromatic N) is 3. The largest absolute Gasteiger partial charge is 0.493 e. The molecular formula is C17H17N3O3S. The number of fused-ring (bicyclic) bond motifs is 1. The Balaban J connectivity index is 2.11. The Morgan fingerprint density at radius 1 is 1.17 bits per heavy atom. The van der Waals surface area contributed by atoms with Crippen LogP contribution in [-0.4, -0.2) is 30.7 Å². The SMILES string of the molecule is CCN(c1ccc(OC)c(OC)c1)c1nc(=O)c2cccnc2s1. The smallest absolute Gasteiger partial charge is 0.282 e. The first kappa shape index (κ1) is 16.2. The van der Waals surface area contributed by atoms with Crippen molar-refractivity contribution in [2.24, 2.45) is 0 Å². The molecule has 0 aliphatic carbocycles. The van der Waals surface area contributed by atoms with Gasteiger partial charge in [0.2, 0.25) is 0 Å². The van der Waals surface area contributed by atoms with Crippen LogP contribution in [-0.2, 0) is 0 Å². The molecule has 0 aliphatic heterocycles. The first-order valence-corrected chi connectivity index (χ1v) is 8.25. The first-order chi connectivity index (χ1) is 11.7. The molecule has 7 heteroatoms. The Hall–Kier alpha value is -2.67. The normalized spacial score (nSPS) is 10.6. The fraction of sp³-hybridized carbons (Fsp3) is 0.235. The van der Waals surface area contributed by atoms with Crippen LogP contribution in [0.3, 0.4) is 0 Å². The summed E-state index contributed by atoms with van der Waals surface area (Å²) in [5, 5.41) is 1.13. The molecule has 2 heterocycles. The Labute approximate surface area is 143 Å². The zero-order valence-corrected chi connectivity index (χ0v) is 14.5. The summed E-state index contributed by atoms with van der Waals surface area (Å²) in [5.74, 6) is 1.28. The zero-order chi connectivity index (χ0) is 17.1. The van der Waals surface area contributed by atoms with Crippen molar-refractivity contribution >= 4 is 32.4 Å². The van der Waals surface area contributed by atoms with Crippen molar-refractivity contribution in [2.45, 2.75) is 6.92 Å². The van der Waals surface area contributed by atoms with Crippen LogP contribution >= 0.6 is 11.3 Å². The summed E-state index contributed by atoms with van der Waals surface area (Å²) in [6, 6.07) is 9.09. The maximum absolute atomic E-state index is 12.3. The molecule has 24 heavy (non-hydrogen) atoms. The van der Waals surface area contributed by atoms with Gasteiger partial charge in [-0.1, -0.05) is 11.3 Å². The second kappa shape index (κ2) is 6.84. The number of aromatic nitrogens is 2. The molecule has 1 aromatic carbocycles. The van der Waals surface area contributed by atoms with Gasteiger partial charge in [-0.2, -0.15) is 4.98 Å². The summed E-state index contributed by atoms with van der Waals surface area (Å²) in [6.07, 6.45) is 1.68. The predicted molar refractivity (Wildman–Crippen MR) is 95.9 cm³/mol. The molecule has 3 aromatic rings. The van der Waals surface area contributed by atoms with Gasteiger partial charge in [0.1, 0.15) is 4.83 Å². The lowest BCUT2D eigenvalue weighted by molar-refractivity contribution is 0.355. The van der Waals surface area contributed by atoms with E-state index in [9.17, 15) is 4.79 Å². The van der Waals surface area contributed by atoms with Crippen molar-refractivity contribution in [2.75, 3.05) is 25.7 Å². The molecule has 0 atom stereocenters. The lowest BCUT2D eigenvalue weighted by atomic mass is 10.2. The average molecular weight is 343 g/mol. The molecule has 0 saturated carbocycles. The van der Waals surface area contributed by atoms with Gasteiger partial charge in [0, 0.05) is 24.5 Å². The van der Waals surface area contributed by atoms with Crippen LogP contribution < -0.4 is 19.9 Å². The van der Waals surface area contributed by atoms with E-state index in [0.717, 1.165) is 5.69 Å². The number of benzene rings is 1. The monoisotopic (exact) mass is 343 g/mol. The van der Waals surface area contributed by atoms with Crippen LogP contribution in [0.1, 0.15) is 6.92 Å². The highest BCUT2D eigenvalue weighted by atomic mass is 32.1. The minimum absolute atomic E-state index is 0.272. The highest BCUT2D eigenvalue weighted by molar-refractivity contribution is 7.21. The third-order valence-corrected chi connectivity index (χ3v) is 4.63. The topological polar surface area (TPSA) is 64.6 Å². The number of anilines is 2. The standard InChI is InChI=1S/C17H17N3O3S/c1-4-20(11-7-8-13(22-2)14(10-11)23-3)17-19-15(21)12-6-5-9-18-16(12)24-17/h5-10H,4H2,1-3H3. The van der Waals surface area contributed by atoms with E-state index >= 15 is 0 Å². The third kappa shape index (κ3) is 2.90. The van der Waals surface area contributed by atoms with Gasteiger partial charge in [-0.25, -0.2) is 4.98 Å². The minimum atomic E-state index is -0.272. The van der Waals surface area contributed by atoms with E-state index in [1.807, 2.05) is 30.0 Å². The Bertz CT molecular complexity index is 926. The quantitative estimate of drug-likeness (QED) is 0.709. The number of pyridine rings is 1. The molecule has 0 spiro atoms. The molecule has 6 nitrogen and oxygen atoms in total. The van der Waals surface area contributed by atoms with Crippen molar-refractivity contribution in [3.8, 4) is 11.5 Å². The van der Waals surface area contributed by atoms with Crippen molar-refractivity contribution in [1.82, 2.24) is 9.97 Å². The molecule has 0 radical (unpaired) electrons. The molecule has 0 N–H and O–H groups in total. The van der Waals surface area contributed by atoms with E-state index in [4.69, 9.17) is 9.47 Å². The molecule has 0 amide bonds. The summed E-state index contributed by atoms with van der Waals surface area (Å²) in [7, 11) is 3.19. The molecule has 0 aliphatic rings. The average Bonchev–Trinajstić information content (AvgIpc) is 2.62. The predicted octanol–water partition coefficient (Wildman–Crippen LogP) is 3.23. The number of hydrogen-bond acceptors (Lipinski definition) is 7. The van der Waals surface area contributed by atoms with E-state index in [1.54, 1.807) is 32.5 Å². The van der Waals surface area contributed by atoms with E-state index in [1.165, 1.54) is 11.3 Å². The van der Waals surface area contributed by atoms with Gasteiger partial charge in [-0.05, 0) is 31.2 Å². The van der Waals surface area contributed by atoms with E-state index < -0.39 is 0 Å². The van der Waals surface area contributed by atoms with Gasteiger partial charge in [0.25, 0.3) is 5.56 Å². The van der Waals surface area contributed by atoms with E-state index in [2.05, 4.69) is 9.97 Å². The maximum Gasteiger partial charge on any atom is 0.282 e. The van der Waals surface area contributed by atoms with Gasteiger partial charge in [-0.3, -0.25) is 4.79 Å². The summed E-state index contributed by atoms with van der Waals surface area (Å²) in [5.41, 5.74) is 0.597. The summed E-state index contributed by atoms with van der Waals surface area (Å²) < 4.78 is 10.6. The van der Waals surface area contributed by atoms with Gasteiger partial charge >= 0.3 is 0 Å². The lowest BCUT2D eigenvalue weighted by Gasteiger charge is -2.22. The van der Waals surface area contributed by atoms with Gasteiger partial charge in [-0.15, -0.1) is 0 Å². The van der Waals surface area contributed by atoms with Crippen LogP contribution in [0.5, 0.6) is 11.5 Å².